The standard InChI is InChI=1S/C20H22N4/c1-2-7-17(8-3-1)15-24-14-12-22-20(24)18-9-6-13-23(16-18)19-10-4-5-11-21-19/h1-5,7-8,10-12,14,18H,6,9,13,15-16H2/t18-/m1/s1. The molecule has 1 aliphatic heterocycles. The summed E-state index contributed by atoms with van der Waals surface area (Å²) in [5.74, 6) is 2.72. The summed E-state index contributed by atoms with van der Waals surface area (Å²) in [7, 11) is 0. The summed E-state index contributed by atoms with van der Waals surface area (Å²) < 4.78 is 2.29. The predicted molar refractivity (Wildman–Crippen MR) is 96.2 cm³/mol. The first-order valence-corrected chi connectivity index (χ1v) is 8.61. The lowest BCUT2D eigenvalue weighted by Gasteiger charge is -2.33. The van der Waals surface area contributed by atoms with Gasteiger partial charge in [-0.1, -0.05) is 36.4 Å². The van der Waals surface area contributed by atoms with Crippen LogP contribution in [-0.4, -0.2) is 27.6 Å². The van der Waals surface area contributed by atoms with E-state index in [0.29, 0.717) is 5.92 Å². The number of nitrogens with zero attached hydrogens (tertiary/aromatic N) is 4. The van der Waals surface area contributed by atoms with Crippen molar-refractivity contribution in [2.45, 2.75) is 25.3 Å². The molecule has 1 aliphatic rings. The fourth-order valence-corrected chi connectivity index (χ4v) is 3.53. The Bertz CT molecular complexity index is 767. The number of rotatable bonds is 4. The quantitative estimate of drug-likeness (QED) is 0.735. The monoisotopic (exact) mass is 318 g/mol. The molecule has 0 bridgehead atoms. The van der Waals surface area contributed by atoms with Crippen LogP contribution >= 0.6 is 0 Å². The summed E-state index contributed by atoms with van der Waals surface area (Å²) in [5, 5.41) is 0. The van der Waals surface area contributed by atoms with E-state index < -0.39 is 0 Å². The maximum absolute atomic E-state index is 4.68. The number of pyridine rings is 1. The number of piperidine rings is 1. The Morgan fingerprint density at radius 3 is 2.67 bits per heavy atom. The molecule has 4 rings (SSSR count). The Morgan fingerprint density at radius 1 is 0.958 bits per heavy atom. The van der Waals surface area contributed by atoms with Crippen molar-refractivity contribution in [1.82, 2.24) is 14.5 Å². The molecule has 3 heterocycles. The van der Waals surface area contributed by atoms with Crippen LogP contribution in [0.15, 0.2) is 67.1 Å². The van der Waals surface area contributed by atoms with Gasteiger partial charge in [-0.3, -0.25) is 0 Å². The molecule has 2 aromatic heterocycles. The maximum atomic E-state index is 4.68. The van der Waals surface area contributed by atoms with E-state index in [-0.39, 0.29) is 0 Å². The van der Waals surface area contributed by atoms with Gasteiger partial charge in [0.15, 0.2) is 0 Å². The van der Waals surface area contributed by atoms with Crippen LogP contribution in [0.5, 0.6) is 0 Å². The van der Waals surface area contributed by atoms with Crippen LogP contribution in [0.2, 0.25) is 0 Å². The van der Waals surface area contributed by atoms with Gasteiger partial charge < -0.3 is 9.47 Å². The van der Waals surface area contributed by atoms with Crippen molar-refractivity contribution < 1.29 is 0 Å². The van der Waals surface area contributed by atoms with Crippen LogP contribution < -0.4 is 4.90 Å². The molecule has 4 heteroatoms. The Kier molecular flexibility index (Phi) is 4.28. The van der Waals surface area contributed by atoms with E-state index in [1.165, 1.54) is 24.2 Å². The van der Waals surface area contributed by atoms with Crippen LogP contribution in [0.4, 0.5) is 5.82 Å². The van der Waals surface area contributed by atoms with Crippen molar-refractivity contribution in [2.24, 2.45) is 0 Å². The molecule has 0 unspecified atom stereocenters. The Morgan fingerprint density at radius 2 is 1.83 bits per heavy atom. The van der Waals surface area contributed by atoms with Crippen molar-refractivity contribution >= 4 is 5.82 Å². The Balaban J connectivity index is 1.53. The first-order chi connectivity index (χ1) is 11.9. The second-order valence-electron chi connectivity index (χ2n) is 6.37. The minimum atomic E-state index is 0.458. The van der Waals surface area contributed by atoms with E-state index >= 15 is 0 Å². The molecule has 1 fully saturated rings. The zero-order valence-electron chi connectivity index (χ0n) is 13.8. The lowest BCUT2D eigenvalue weighted by Crippen LogP contribution is -2.35. The van der Waals surface area contributed by atoms with E-state index in [9.17, 15) is 0 Å². The third-order valence-corrected chi connectivity index (χ3v) is 4.70. The molecule has 0 N–H and O–H groups in total. The van der Waals surface area contributed by atoms with Crippen molar-refractivity contribution in [3.63, 3.8) is 0 Å². The van der Waals surface area contributed by atoms with Gasteiger partial charge >= 0.3 is 0 Å². The first kappa shape index (κ1) is 14.9. The number of hydrogen-bond donors (Lipinski definition) is 0. The van der Waals surface area contributed by atoms with E-state index in [0.717, 1.165) is 25.5 Å². The van der Waals surface area contributed by atoms with Crippen molar-refractivity contribution in [3.8, 4) is 0 Å². The second-order valence-corrected chi connectivity index (χ2v) is 6.37. The molecular weight excluding hydrogens is 296 g/mol. The van der Waals surface area contributed by atoms with Crippen LogP contribution in [0.3, 0.4) is 0 Å². The van der Waals surface area contributed by atoms with Gasteiger partial charge in [-0.2, -0.15) is 0 Å². The van der Waals surface area contributed by atoms with Gasteiger partial charge in [0.1, 0.15) is 11.6 Å². The molecule has 0 radical (unpaired) electrons. The summed E-state index contributed by atoms with van der Waals surface area (Å²) in [5.41, 5.74) is 1.31. The zero-order chi connectivity index (χ0) is 16.2. The highest BCUT2D eigenvalue weighted by Crippen LogP contribution is 2.28. The second kappa shape index (κ2) is 6.87. The van der Waals surface area contributed by atoms with Gasteiger partial charge in [-0.15, -0.1) is 0 Å². The first-order valence-electron chi connectivity index (χ1n) is 8.61. The molecule has 0 spiro atoms. The van der Waals surface area contributed by atoms with E-state index in [2.05, 4.69) is 68.1 Å². The van der Waals surface area contributed by atoms with Crippen LogP contribution in [0.25, 0.3) is 0 Å². The fourth-order valence-electron chi connectivity index (χ4n) is 3.53. The normalized spacial score (nSPS) is 17.8. The van der Waals surface area contributed by atoms with E-state index in [1.807, 2.05) is 18.5 Å². The Labute approximate surface area is 142 Å². The summed E-state index contributed by atoms with van der Waals surface area (Å²) in [6, 6.07) is 16.7. The highest BCUT2D eigenvalue weighted by atomic mass is 15.2. The van der Waals surface area contributed by atoms with Gasteiger partial charge in [-0.05, 0) is 30.5 Å². The van der Waals surface area contributed by atoms with Gasteiger partial charge in [0.2, 0.25) is 0 Å². The fraction of sp³-hybridized carbons (Fsp3) is 0.300. The highest BCUT2D eigenvalue weighted by molar-refractivity contribution is 5.39. The molecule has 1 saturated heterocycles. The maximum Gasteiger partial charge on any atom is 0.128 e. The third kappa shape index (κ3) is 3.18. The zero-order valence-corrected chi connectivity index (χ0v) is 13.8. The van der Waals surface area contributed by atoms with Crippen molar-refractivity contribution in [2.75, 3.05) is 18.0 Å². The molecule has 0 aliphatic carbocycles. The average Bonchev–Trinajstić information content (AvgIpc) is 3.12. The topological polar surface area (TPSA) is 34.0 Å². The summed E-state index contributed by atoms with van der Waals surface area (Å²) >= 11 is 0. The number of imidazole rings is 1. The van der Waals surface area contributed by atoms with Crippen molar-refractivity contribution in [1.29, 1.82) is 0 Å². The van der Waals surface area contributed by atoms with Crippen LogP contribution in [-0.2, 0) is 6.54 Å². The Hall–Kier alpha value is -2.62. The summed E-state index contributed by atoms with van der Waals surface area (Å²) in [6.07, 6.45) is 8.27. The number of hydrogen-bond acceptors (Lipinski definition) is 3. The van der Waals surface area contributed by atoms with Crippen LogP contribution in [0.1, 0.15) is 30.1 Å². The molecule has 122 valence electrons. The molecule has 0 amide bonds. The SMILES string of the molecule is c1ccc(Cn2ccnc2[C@@H]2CCCN(c3ccccn3)C2)cc1. The van der Waals surface area contributed by atoms with Gasteiger partial charge in [0.25, 0.3) is 0 Å². The molecule has 0 saturated carbocycles. The lowest BCUT2D eigenvalue weighted by atomic mass is 9.97. The van der Waals surface area contributed by atoms with Gasteiger partial charge in [0, 0.05) is 44.1 Å². The van der Waals surface area contributed by atoms with E-state index in [1.54, 1.807) is 0 Å². The third-order valence-electron chi connectivity index (χ3n) is 4.70. The van der Waals surface area contributed by atoms with Crippen molar-refractivity contribution in [3.05, 3.63) is 78.5 Å². The van der Waals surface area contributed by atoms with E-state index in [4.69, 9.17) is 0 Å². The summed E-state index contributed by atoms with van der Waals surface area (Å²) in [6.45, 7) is 2.95. The number of benzene rings is 1. The number of anilines is 1. The summed E-state index contributed by atoms with van der Waals surface area (Å²) in [4.78, 5) is 11.6. The van der Waals surface area contributed by atoms with Crippen LogP contribution in [0, 0.1) is 0 Å². The average molecular weight is 318 g/mol. The highest BCUT2D eigenvalue weighted by Gasteiger charge is 2.25. The molecular formula is C20H22N4. The molecule has 3 aromatic rings. The predicted octanol–water partition coefficient (Wildman–Crippen LogP) is 3.71. The largest absolute Gasteiger partial charge is 0.356 e. The van der Waals surface area contributed by atoms with Gasteiger partial charge in [0.05, 0.1) is 0 Å². The smallest absolute Gasteiger partial charge is 0.128 e. The number of aromatic nitrogens is 3. The molecule has 1 atom stereocenters. The molecule has 1 aromatic carbocycles. The minimum absolute atomic E-state index is 0.458. The minimum Gasteiger partial charge on any atom is -0.356 e. The molecule has 4 nitrogen and oxygen atoms in total. The molecule has 24 heavy (non-hydrogen) atoms. The lowest BCUT2D eigenvalue weighted by molar-refractivity contribution is 0.474. The van der Waals surface area contributed by atoms with Gasteiger partial charge in [-0.25, -0.2) is 9.97 Å².